The lowest BCUT2D eigenvalue weighted by Crippen LogP contribution is -2.35. The fourth-order valence-corrected chi connectivity index (χ4v) is 7.44. The topological polar surface area (TPSA) is 23.8 Å². The van der Waals surface area contributed by atoms with Crippen LogP contribution in [-0.4, -0.2) is 5.66 Å². The van der Waals surface area contributed by atoms with Crippen molar-refractivity contribution in [2.75, 3.05) is 0 Å². The summed E-state index contributed by atoms with van der Waals surface area (Å²) >= 11 is 0. The summed E-state index contributed by atoms with van der Waals surface area (Å²) in [4.78, 5) is 0. The number of fused-ring (bicyclic) bond motifs is 1. The Labute approximate surface area is 169 Å². The average Bonchev–Trinajstić information content (AvgIpc) is 2.75. The quantitative estimate of drug-likeness (QED) is 0.520. The second-order valence-corrected chi connectivity index (χ2v) is 10.2. The Morgan fingerprint density at radius 3 is 1.96 bits per heavy atom. The van der Waals surface area contributed by atoms with Crippen molar-refractivity contribution in [2.45, 2.75) is 25.4 Å². The second kappa shape index (κ2) is 7.75. The van der Waals surface area contributed by atoms with Gasteiger partial charge in [-0.25, -0.2) is 0 Å². The summed E-state index contributed by atoms with van der Waals surface area (Å²) in [6, 6.07) is 32.8. The van der Waals surface area contributed by atoms with Gasteiger partial charge in [0.15, 0.2) is 0 Å². The molecule has 0 radical (unpaired) electrons. The van der Waals surface area contributed by atoms with Crippen LogP contribution in [0.2, 0.25) is 0 Å². The predicted octanol–water partition coefficient (Wildman–Crippen LogP) is 5.85. The molecule has 3 unspecified atom stereocenters. The van der Waals surface area contributed by atoms with Gasteiger partial charge in [-0.2, -0.15) is 5.26 Å². The van der Waals surface area contributed by atoms with E-state index in [4.69, 9.17) is 0 Å². The molecule has 0 amide bonds. The van der Waals surface area contributed by atoms with Gasteiger partial charge in [0.2, 0.25) is 0 Å². The maximum Gasteiger partial charge on any atom is 0.0803 e. The number of rotatable bonds is 4. The fraction of sp³-hybridized carbons (Fsp3) is 0.192. The van der Waals surface area contributed by atoms with E-state index in [1.807, 2.05) is 0 Å². The van der Waals surface area contributed by atoms with Crippen LogP contribution in [0.4, 0.5) is 0 Å². The van der Waals surface area contributed by atoms with Crippen molar-refractivity contribution in [2.24, 2.45) is 5.41 Å². The number of allylic oxidation sites excluding steroid dienone is 1. The minimum atomic E-state index is -0.609. The van der Waals surface area contributed by atoms with E-state index in [2.05, 4.69) is 117 Å². The normalized spacial score (nSPS) is 21.7. The first kappa shape index (κ1) is 18.7. The molecule has 0 heterocycles. The molecule has 0 bridgehead atoms. The van der Waals surface area contributed by atoms with E-state index in [-0.39, 0.29) is 5.92 Å². The van der Waals surface area contributed by atoms with Gasteiger partial charge in [0.05, 0.1) is 11.5 Å². The maximum absolute atomic E-state index is 10.1. The Balaban J connectivity index is 1.87. The van der Waals surface area contributed by atoms with Gasteiger partial charge in [-0.05, 0) is 42.2 Å². The largest absolute Gasteiger partial charge is 0.197 e. The van der Waals surface area contributed by atoms with Gasteiger partial charge in [-0.1, -0.05) is 104 Å². The van der Waals surface area contributed by atoms with E-state index in [1.54, 1.807) is 0 Å². The van der Waals surface area contributed by atoms with Crippen molar-refractivity contribution in [3.8, 4) is 6.07 Å². The molecule has 28 heavy (non-hydrogen) atoms. The second-order valence-electron chi connectivity index (χ2n) is 7.62. The summed E-state index contributed by atoms with van der Waals surface area (Å²) in [5, 5.41) is 12.9. The summed E-state index contributed by atoms with van der Waals surface area (Å²) in [6.07, 6.45) is 4.23. The lowest BCUT2D eigenvalue weighted by Gasteiger charge is -2.41. The van der Waals surface area contributed by atoms with Crippen molar-refractivity contribution in [3.63, 3.8) is 0 Å². The van der Waals surface area contributed by atoms with Gasteiger partial charge in [-0.3, -0.25) is 0 Å². The molecule has 0 fully saturated rings. The van der Waals surface area contributed by atoms with Gasteiger partial charge in [-0.15, -0.1) is 0 Å². The molecular formula is C26H24NP. The fourth-order valence-electron chi connectivity index (χ4n) is 4.45. The van der Waals surface area contributed by atoms with E-state index in [1.165, 1.54) is 21.7 Å². The van der Waals surface area contributed by atoms with Crippen LogP contribution in [0, 0.1) is 16.7 Å². The Bertz CT molecular complexity index is 980. The zero-order valence-corrected chi connectivity index (χ0v) is 17.2. The van der Waals surface area contributed by atoms with Crippen LogP contribution in [0.1, 0.15) is 30.9 Å². The molecule has 2 heteroatoms. The first-order valence-electron chi connectivity index (χ1n) is 9.73. The minimum absolute atomic E-state index is 0.144. The molecule has 0 saturated carbocycles. The van der Waals surface area contributed by atoms with Crippen LogP contribution in [0.3, 0.4) is 0 Å². The summed E-state index contributed by atoms with van der Waals surface area (Å²) in [6.45, 7) is 4.42. The molecule has 1 aliphatic carbocycles. The Kier molecular flexibility index (Phi) is 5.17. The van der Waals surface area contributed by atoms with Gasteiger partial charge in [0, 0.05) is 5.92 Å². The Morgan fingerprint density at radius 2 is 1.39 bits per heavy atom. The lowest BCUT2D eigenvalue weighted by molar-refractivity contribution is 0.427. The van der Waals surface area contributed by atoms with Crippen molar-refractivity contribution in [3.05, 3.63) is 102 Å². The highest BCUT2D eigenvalue weighted by Gasteiger charge is 2.43. The van der Waals surface area contributed by atoms with E-state index in [0.717, 1.165) is 0 Å². The van der Waals surface area contributed by atoms with Gasteiger partial charge < -0.3 is 0 Å². The van der Waals surface area contributed by atoms with Gasteiger partial charge in [0.1, 0.15) is 0 Å². The number of nitrogens with zero attached hydrogens (tertiary/aromatic N) is 1. The summed E-state index contributed by atoms with van der Waals surface area (Å²) < 4.78 is 0. The first-order chi connectivity index (χ1) is 13.6. The molecule has 3 atom stereocenters. The highest BCUT2D eigenvalue weighted by molar-refractivity contribution is 7.73. The van der Waals surface area contributed by atoms with E-state index < -0.39 is 13.3 Å². The highest BCUT2D eigenvalue weighted by atomic mass is 31.1. The molecule has 0 aromatic heterocycles. The van der Waals surface area contributed by atoms with Crippen LogP contribution in [0.5, 0.6) is 0 Å². The van der Waals surface area contributed by atoms with Crippen molar-refractivity contribution < 1.29 is 0 Å². The molecule has 1 aliphatic rings. The standard InChI is InChI=1S/C26H24NP/c1-20(25-24-16-10-9-11-21(24)17-18-26(25,2)19-27)28(22-12-5-3-6-13-22)23-14-7-4-8-15-23/h3-18,20,25H,1-2H3. The van der Waals surface area contributed by atoms with Crippen molar-refractivity contribution in [1.29, 1.82) is 5.26 Å². The Morgan fingerprint density at radius 1 is 0.857 bits per heavy atom. The van der Waals surface area contributed by atoms with Crippen LogP contribution in [-0.2, 0) is 0 Å². The molecule has 4 rings (SSSR count). The average molecular weight is 381 g/mol. The maximum atomic E-state index is 10.1. The third-order valence-electron chi connectivity index (χ3n) is 5.79. The third-order valence-corrected chi connectivity index (χ3v) is 8.61. The summed E-state index contributed by atoms with van der Waals surface area (Å²) in [5.41, 5.74) is 2.33. The SMILES string of the molecule is CC(C1c2ccccc2C=CC1(C)C#N)P(c1ccccc1)c1ccccc1. The van der Waals surface area contributed by atoms with Crippen LogP contribution in [0.15, 0.2) is 91.0 Å². The minimum Gasteiger partial charge on any atom is -0.197 e. The molecule has 1 nitrogen and oxygen atoms in total. The highest BCUT2D eigenvalue weighted by Crippen LogP contribution is 2.54. The van der Waals surface area contributed by atoms with Gasteiger partial charge >= 0.3 is 0 Å². The molecule has 0 aliphatic heterocycles. The zero-order valence-electron chi connectivity index (χ0n) is 16.3. The molecule has 3 aromatic carbocycles. The number of hydrogen-bond acceptors (Lipinski definition) is 1. The molecule has 0 N–H and O–H groups in total. The third kappa shape index (κ3) is 3.30. The summed E-state index contributed by atoms with van der Waals surface area (Å²) in [7, 11) is -0.609. The molecule has 0 saturated heterocycles. The molecular weight excluding hydrogens is 357 g/mol. The lowest BCUT2D eigenvalue weighted by atomic mass is 9.68. The number of hydrogen-bond donors (Lipinski definition) is 0. The first-order valence-corrected chi connectivity index (χ1v) is 11.1. The summed E-state index contributed by atoms with van der Waals surface area (Å²) in [5.74, 6) is 0.144. The molecule has 3 aromatic rings. The van der Waals surface area contributed by atoms with Crippen molar-refractivity contribution in [1.82, 2.24) is 0 Å². The van der Waals surface area contributed by atoms with Gasteiger partial charge in [0.25, 0.3) is 0 Å². The molecule has 138 valence electrons. The van der Waals surface area contributed by atoms with E-state index in [0.29, 0.717) is 5.66 Å². The van der Waals surface area contributed by atoms with Crippen LogP contribution in [0.25, 0.3) is 6.08 Å². The van der Waals surface area contributed by atoms with Crippen LogP contribution >= 0.6 is 7.92 Å². The monoisotopic (exact) mass is 381 g/mol. The van der Waals surface area contributed by atoms with Crippen molar-refractivity contribution >= 4 is 24.6 Å². The Hall–Kier alpha value is -2.68. The number of benzene rings is 3. The predicted molar refractivity (Wildman–Crippen MR) is 120 cm³/mol. The van der Waals surface area contributed by atoms with Crippen LogP contribution < -0.4 is 10.6 Å². The molecule has 0 spiro atoms. The zero-order chi connectivity index (χ0) is 19.6. The smallest absolute Gasteiger partial charge is 0.0803 e. The van der Waals surface area contributed by atoms with E-state index >= 15 is 0 Å². The number of nitriles is 1. The van der Waals surface area contributed by atoms with E-state index in [9.17, 15) is 5.26 Å².